The zero-order valence-corrected chi connectivity index (χ0v) is 14.5. The van der Waals surface area contributed by atoms with E-state index in [1.165, 1.54) is 0 Å². The van der Waals surface area contributed by atoms with Crippen molar-refractivity contribution in [1.82, 2.24) is 9.88 Å². The van der Waals surface area contributed by atoms with Gasteiger partial charge >= 0.3 is 33.0 Å². The molecule has 1 aromatic heterocycles. The summed E-state index contributed by atoms with van der Waals surface area (Å²) in [6, 6.07) is 5.28. The van der Waals surface area contributed by atoms with E-state index in [1.54, 1.807) is 18.2 Å². The van der Waals surface area contributed by atoms with Crippen LogP contribution in [0.15, 0.2) is 18.2 Å². The molecule has 2 heterocycles. The molecule has 2 bridgehead atoms. The summed E-state index contributed by atoms with van der Waals surface area (Å²) >= 11 is 1.06. The van der Waals surface area contributed by atoms with Crippen molar-refractivity contribution in [2.45, 2.75) is 19.8 Å². The average molecular weight is 359 g/mol. The molecular weight excluding hydrogens is 339 g/mol. The Labute approximate surface area is 144 Å². The van der Waals surface area contributed by atoms with Crippen LogP contribution in [0.5, 0.6) is 0 Å². The number of fused-ring (bicyclic) bond motifs is 2. The molecule has 0 aliphatic carbocycles. The van der Waals surface area contributed by atoms with Crippen LogP contribution in [-0.4, -0.2) is 54.7 Å². The number of carbonyl (C=O) groups is 2. The maximum absolute atomic E-state index is 11.7. The van der Waals surface area contributed by atoms with Crippen LogP contribution in [-0.2, 0) is 52.9 Å². The van der Waals surface area contributed by atoms with E-state index >= 15 is 0 Å². The number of likely N-dealkylation sites (N-methyl/N-ethyl adjacent to an activating group) is 1. The molecule has 8 heteroatoms. The Kier molecular flexibility index (Phi) is 9.36. The molecule has 1 aliphatic heterocycles. The zero-order valence-electron chi connectivity index (χ0n) is 13.1. The van der Waals surface area contributed by atoms with Gasteiger partial charge in [-0.1, -0.05) is 13.0 Å². The van der Waals surface area contributed by atoms with Gasteiger partial charge < -0.3 is 9.47 Å². The zero-order chi connectivity index (χ0) is 17.1. The first kappa shape index (κ1) is 19.5. The molecule has 1 aliphatic rings. The third kappa shape index (κ3) is 7.50. The summed E-state index contributed by atoms with van der Waals surface area (Å²) in [6.45, 7) is 4.76. The Morgan fingerprint density at radius 3 is 1.96 bits per heavy atom. The van der Waals surface area contributed by atoms with Gasteiger partial charge in [-0.25, -0.2) is 0 Å². The summed E-state index contributed by atoms with van der Waals surface area (Å²) in [6.07, 6.45) is 0.240. The third-order valence-electron chi connectivity index (χ3n) is 3.30. The van der Waals surface area contributed by atoms with Gasteiger partial charge in [-0.2, -0.15) is 0 Å². The van der Waals surface area contributed by atoms with Gasteiger partial charge in [-0.15, -0.1) is 0 Å². The Hall–Kier alpha value is -1.57. The van der Waals surface area contributed by atoms with Crippen LogP contribution in [0.4, 0.5) is 0 Å². The van der Waals surface area contributed by atoms with Crippen LogP contribution in [0.2, 0.25) is 0 Å². The number of cyclic esters (lactones) is 2. The molecule has 0 amide bonds. The van der Waals surface area contributed by atoms with Gasteiger partial charge in [0, 0.05) is 13.1 Å². The number of hydrogen-bond donors (Lipinski definition) is 0. The second-order valence-electron chi connectivity index (χ2n) is 4.85. The van der Waals surface area contributed by atoms with Crippen LogP contribution < -0.4 is 0 Å². The first-order valence-electron chi connectivity index (χ1n) is 7.34. The van der Waals surface area contributed by atoms with Crippen LogP contribution in [0.1, 0.15) is 18.3 Å². The van der Waals surface area contributed by atoms with E-state index in [0.29, 0.717) is 37.7 Å². The van der Waals surface area contributed by atoms with Crippen LogP contribution in [0, 0.1) is 0 Å². The van der Waals surface area contributed by atoms with Gasteiger partial charge in [0.25, 0.3) is 0 Å². The normalized spacial score (nSPS) is 17.0. The van der Waals surface area contributed by atoms with Gasteiger partial charge in [0.15, 0.2) is 0 Å². The second-order valence-corrected chi connectivity index (χ2v) is 4.85. The first-order valence-corrected chi connectivity index (χ1v) is 7.91. The van der Waals surface area contributed by atoms with Crippen molar-refractivity contribution >= 4 is 11.9 Å². The topological polar surface area (TPSA) is 85.8 Å². The van der Waals surface area contributed by atoms with Crippen LogP contribution >= 0.6 is 0 Å². The maximum atomic E-state index is 11.7. The quantitative estimate of drug-likeness (QED) is 0.674. The monoisotopic (exact) mass is 359 g/mol. The molecule has 2 rings (SSSR count). The molecule has 0 aromatic carbocycles. The van der Waals surface area contributed by atoms with Crippen LogP contribution in [0.25, 0.3) is 0 Å². The predicted molar refractivity (Wildman–Crippen MR) is 76.4 cm³/mol. The molecule has 0 radical (unpaired) electrons. The molecular formula is C15H20N2O5V. The summed E-state index contributed by atoms with van der Waals surface area (Å²) in [7, 11) is 0. The fraction of sp³-hybridized carbons (Fsp3) is 0.533. The molecule has 7 nitrogen and oxygen atoms in total. The van der Waals surface area contributed by atoms with Crippen molar-refractivity contribution in [1.29, 1.82) is 0 Å². The predicted octanol–water partition coefficient (Wildman–Crippen LogP) is 0.467. The minimum atomic E-state index is -0.296. The Morgan fingerprint density at radius 1 is 1.04 bits per heavy atom. The van der Waals surface area contributed by atoms with Crippen molar-refractivity contribution < 1.29 is 40.1 Å². The Bertz CT molecular complexity index is 487. The number of nitrogens with zero attached hydrogens (tertiary/aromatic N) is 2. The summed E-state index contributed by atoms with van der Waals surface area (Å²) < 4.78 is 18.6. The van der Waals surface area contributed by atoms with E-state index in [-0.39, 0.29) is 24.8 Å². The standard InChI is InChI=1S/C15H20N2O4.O.V/c1-2-17-6-8-20-14(18)10-12-4-3-5-13(16-12)11-15(19)21-9-7-17;;/h3-5H,2,6-11H2,1H3;;. The van der Waals surface area contributed by atoms with E-state index in [2.05, 4.69) is 9.88 Å². The van der Waals surface area contributed by atoms with Gasteiger partial charge in [-0.3, -0.25) is 19.5 Å². The van der Waals surface area contributed by atoms with Crippen molar-refractivity contribution in [3.05, 3.63) is 29.6 Å². The number of ether oxygens (including phenoxy) is 2. The summed E-state index contributed by atoms with van der Waals surface area (Å²) in [4.78, 5) is 29.8. The second kappa shape index (κ2) is 11.0. The third-order valence-corrected chi connectivity index (χ3v) is 3.30. The number of rotatable bonds is 1. The Balaban J connectivity index is 0.00000127. The average Bonchev–Trinajstić information content (AvgIpc) is 2.55. The molecule has 0 atom stereocenters. The fourth-order valence-corrected chi connectivity index (χ4v) is 2.13. The van der Waals surface area contributed by atoms with E-state index < -0.39 is 0 Å². The molecule has 0 fully saturated rings. The number of carbonyl (C=O) groups excluding carboxylic acids is 2. The van der Waals surface area contributed by atoms with E-state index in [1.807, 2.05) is 6.92 Å². The molecule has 0 saturated heterocycles. The van der Waals surface area contributed by atoms with Gasteiger partial charge in [0.05, 0.1) is 24.2 Å². The fourth-order valence-electron chi connectivity index (χ4n) is 2.13. The number of esters is 2. The summed E-state index contributed by atoms with van der Waals surface area (Å²) in [5.74, 6) is -0.592. The SMILES string of the molecule is CCN1CCOC(=O)Cc2cccc(n2)CC(=O)OCC1.[O]=[V]. The molecule has 0 unspecified atom stereocenters. The van der Waals surface area contributed by atoms with Crippen LogP contribution in [0.3, 0.4) is 0 Å². The first-order chi connectivity index (χ1) is 11.2. The molecule has 23 heavy (non-hydrogen) atoms. The number of aromatic nitrogens is 1. The van der Waals surface area contributed by atoms with E-state index in [4.69, 9.17) is 13.1 Å². The molecule has 0 spiro atoms. The molecule has 125 valence electrons. The van der Waals surface area contributed by atoms with Gasteiger partial charge in [-0.05, 0) is 18.7 Å². The van der Waals surface area contributed by atoms with Crippen molar-refractivity contribution in [2.24, 2.45) is 0 Å². The van der Waals surface area contributed by atoms with E-state index in [0.717, 1.165) is 23.9 Å². The van der Waals surface area contributed by atoms with Gasteiger partial charge in [0.1, 0.15) is 13.2 Å². The minimum absolute atomic E-state index is 0.120. The van der Waals surface area contributed by atoms with Gasteiger partial charge in [0.2, 0.25) is 0 Å². The molecule has 1 aromatic rings. The Morgan fingerprint density at radius 2 is 1.52 bits per heavy atom. The number of hydrogen-bond acceptors (Lipinski definition) is 7. The summed E-state index contributed by atoms with van der Waals surface area (Å²) in [5, 5.41) is 0. The number of pyridine rings is 1. The van der Waals surface area contributed by atoms with E-state index in [9.17, 15) is 9.59 Å². The summed E-state index contributed by atoms with van der Waals surface area (Å²) in [5.41, 5.74) is 1.21. The van der Waals surface area contributed by atoms with Crippen molar-refractivity contribution in [3.63, 3.8) is 0 Å². The molecule has 0 N–H and O–H groups in total. The van der Waals surface area contributed by atoms with Crippen molar-refractivity contribution in [3.8, 4) is 0 Å². The molecule has 0 saturated carbocycles. The van der Waals surface area contributed by atoms with Crippen molar-refractivity contribution in [2.75, 3.05) is 32.8 Å².